The summed E-state index contributed by atoms with van der Waals surface area (Å²) in [5.74, 6) is -1.04. The van der Waals surface area contributed by atoms with Gasteiger partial charge in [0.2, 0.25) is 0 Å². The molecule has 0 saturated heterocycles. The summed E-state index contributed by atoms with van der Waals surface area (Å²) in [5, 5.41) is 14.2. The van der Waals surface area contributed by atoms with Crippen LogP contribution in [0.4, 0.5) is 4.79 Å². The molecule has 0 saturated carbocycles. The summed E-state index contributed by atoms with van der Waals surface area (Å²) in [5.41, 5.74) is -0.548. The molecule has 0 aromatic carbocycles. The predicted octanol–water partition coefficient (Wildman–Crippen LogP) is 0.682. The second kappa shape index (κ2) is 6.21. The van der Waals surface area contributed by atoms with E-state index in [4.69, 9.17) is 5.11 Å². The number of carboxylic acid groups (broad SMARTS) is 1. The number of amides is 2. The number of hydrogen-bond donors (Lipinski definition) is 3. The maximum atomic E-state index is 11.6. The molecule has 0 aliphatic rings. The lowest BCUT2D eigenvalue weighted by Gasteiger charge is -2.27. The van der Waals surface area contributed by atoms with Crippen molar-refractivity contribution in [2.75, 3.05) is 6.54 Å². The van der Waals surface area contributed by atoms with Gasteiger partial charge in [-0.2, -0.15) is 0 Å². The summed E-state index contributed by atoms with van der Waals surface area (Å²) in [6, 6.07) is -1.41. The Hall–Kier alpha value is -2.05. The van der Waals surface area contributed by atoms with Gasteiger partial charge in [-0.3, -0.25) is 0 Å². The SMILES string of the molecule is CC(C)(C)C(NC(=O)NCCn1ccnc1)C(=O)O. The smallest absolute Gasteiger partial charge is 0.326 e. The van der Waals surface area contributed by atoms with Crippen LogP contribution in [0.25, 0.3) is 0 Å². The van der Waals surface area contributed by atoms with Crippen LogP contribution in [-0.4, -0.2) is 39.2 Å². The van der Waals surface area contributed by atoms with Crippen molar-refractivity contribution in [3.63, 3.8) is 0 Å². The molecule has 0 spiro atoms. The lowest BCUT2D eigenvalue weighted by molar-refractivity contribution is -0.141. The Morgan fingerprint density at radius 3 is 2.58 bits per heavy atom. The third kappa shape index (κ3) is 4.99. The molecule has 1 atom stereocenters. The predicted molar refractivity (Wildman–Crippen MR) is 69.6 cm³/mol. The maximum absolute atomic E-state index is 11.6. The molecule has 0 aliphatic heterocycles. The van der Waals surface area contributed by atoms with Crippen LogP contribution in [0.15, 0.2) is 18.7 Å². The summed E-state index contributed by atoms with van der Waals surface area (Å²) in [6.45, 7) is 6.27. The Bertz CT molecular complexity index is 423. The van der Waals surface area contributed by atoms with Gasteiger partial charge in [0.05, 0.1) is 6.33 Å². The largest absolute Gasteiger partial charge is 0.480 e. The zero-order valence-corrected chi connectivity index (χ0v) is 11.4. The van der Waals surface area contributed by atoms with Crippen LogP contribution < -0.4 is 10.6 Å². The first-order valence-corrected chi connectivity index (χ1v) is 6.03. The molecule has 1 unspecified atom stereocenters. The second-order valence-corrected chi connectivity index (χ2v) is 5.34. The molecule has 0 bridgehead atoms. The fraction of sp³-hybridized carbons (Fsp3) is 0.583. The van der Waals surface area contributed by atoms with E-state index in [1.165, 1.54) is 0 Å². The number of hydrogen-bond acceptors (Lipinski definition) is 3. The van der Waals surface area contributed by atoms with Crippen molar-refractivity contribution in [2.45, 2.75) is 33.4 Å². The van der Waals surface area contributed by atoms with Crippen LogP contribution in [0.1, 0.15) is 20.8 Å². The molecule has 0 radical (unpaired) electrons. The van der Waals surface area contributed by atoms with E-state index in [0.29, 0.717) is 13.1 Å². The lowest BCUT2D eigenvalue weighted by Crippen LogP contribution is -2.52. The van der Waals surface area contributed by atoms with Crippen molar-refractivity contribution >= 4 is 12.0 Å². The molecule has 2 amide bonds. The number of nitrogens with one attached hydrogen (secondary N) is 2. The molecule has 0 fully saturated rings. The summed E-state index contributed by atoms with van der Waals surface area (Å²) in [6.07, 6.45) is 5.09. The third-order valence-corrected chi connectivity index (χ3v) is 2.60. The highest BCUT2D eigenvalue weighted by atomic mass is 16.4. The first kappa shape index (κ1) is 15.0. The number of rotatable bonds is 5. The van der Waals surface area contributed by atoms with E-state index in [1.807, 2.05) is 4.57 Å². The topological polar surface area (TPSA) is 96.3 Å². The number of aliphatic carboxylic acids is 1. The molecule has 1 heterocycles. The Balaban J connectivity index is 2.39. The molecular weight excluding hydrogens is 248 g/mol. The number of carboxylic acids is 1. The van der Waals surface area contributed by atoms with Crippen molar-refractivity contribution in [3.05, 3.63) is 18.7 Å². The third-order valence-electron chi connectivity index (χ3n) is 2.60. The minimum atomic E-state index is -1.04. The van der Waals surface area contributed by atoms with Crippen LogP contribution in [0, 0.1) is 5.41 Å². The van der Waals surface area contributed by atoms with Crippen molar-refractivity contribution < 1.29 is 14.7 Å². The molecule has 19 heavy (non-hydrogen) atoms. The van der Waals surface area contributed by atoms with Gasteiger partial charge < -0.3 is 20.3 Å². The molecule has 1 aromatic rings. The highest BCUT2D eigenvalue weighted by molar-refractivity contribution is 5.83. The zero-order chi connectivity index (χ0) is 14.5. The quantitative estimate of drug-likeness (QED) is 0.731. The van der Waals surface area contributed by atoms with Crippen molar-refractivity contribution in [3.8, 4) is 0 Å². The molecule has 7 nitrogen and oxygen atoms in total. The summed E-state index contributed by atoms with van der Waals surface area (Å²) >= 11 is 0. The minimum absolute atomic E-state index is 0.401. The van der Waals surface area contributed by atoms with Gasteiger partial charge in [-0.25, -0.2) is 14.6 Å². The Labute approximate surface area is 112 Å². The van der Waals surface area contributed by atoms with Crippen molar-refractivity contribution in [1.29, 1.82) is 0 Å². The molecule has 7 heteroatoms. The Morgan fingerprint density at radius 2 is 2.11 bits per heavy atom. The number of nitrogens with zero attached hydrogens (tertiary/aromatic N) is 2. The van der Waals surface area contributed by atoms with Crippen LogP contribution in [0.2, 0.25) is 0 Å². The molecule has 106 valence electrons. The van der Waals surface area contributed by atoms with Crippen LogP contribution >= 0.6 is 0 Å². The van der Waals surface area contributed by atoms with E-state index < -0.39 is 23.5 Å². The first-order valence-electron chi connectivity index (χ1n) is 6.03. The van der Waals surface area contributed by atoms with E-state index in [2.05, 4.69) is 15.6 Å². The number of urea groups is 1. The van der Waals surface area contributed by atoms with Gasteiger partial charge >= 0.3 is 12.0 Å². The molecule has 1 aromatic heterocycles. The van der Waals surface area contributed by atoms with Gasteiger partial charge in [0, 0.05) is 25.5 Å². The van der Waals surface area contributed by atoms with E-state index in [9.17, 15) is 9.59 Å². The molecule has 1 rings (SSSR count). The molecular formula is C12H20N4O3. The van der Waals surface area contributed by atoms with Gasteiger partial charge in [0.15, 0.2) is 0 Å². The average Bonchev–Trinajstić information content (AvgIpc) is 2.77. The Morgan fingerprint density at radius 1 is 1.42 bits per heavy atom. The van der Waals surface area contributed by atoms with Gasteiger partial charge in [0.25, 0.3) is 0 Å². The Kier molecular flexibility index (Phi) is 4.91. The van der Waals surface area contributed by atoms with Crippen LogP contribution in [-0.2, 0) is 11.3 Å². The number of carbonyl (C=O) groups excluding carboxylic acids is 1. The number of aromatic nitrogens is 2. The monoisotopic (exact) mass is 268 g/mol. The molecule has 3 N–H and O–H groups in total. The van der Waals surface area contributed by atoms with Crippen LogP contribution in [0.5, 0.6) is 0 Å². The van der Waals surface area contributed by atoms with Crippen molar-refractivity contribution in [2.24, 2.45) is 5.41 Å². The second-order valence-electron chi connectivity index (χ2n) is 5.34. The van der Waals surface area contributed by atoms with Crippen LogP contribution in [0.3, 0.4) is 0 Å². The number of imidazole rings is 1. The fourth-order valence-corrected chi connectivity index (χ4v) is 1.55. The summed E-state index contributed by atoms with van der Waals surface area (Å²) in [4.78, 5) is 26.6. The van der Waals surface area contributed by atoms with E-state index in [1.54, 1.807) is 39.5 Å². The first-order chi connectivity index (χ1) is 8.80. The van der Waals surface area contributed by atoms with E-state index in [-0.39, 0.29) is 0 Å². The van der Waals surface area contributed by atoms with Gasteiger partial charge in [-0.05, 0) is 5.41 Å². The van der Waals surface area contributed by atoms with Gasteiger partial charge in [-0.15, -0.1) is 0 Å². The van der Waals surface area contributed by atoms with Gasteiger partial charge in [-0.1, -0.05) is 20.8 Å². The molecule has 0 aliphatic carbocycles. The number of carbonyl (C=O) groups is 2. The van der Waals surface area contributed by atoms with Gasteiger partial charge in [0.1, 0.15) is 6.04 Å². The van der Waals surface area contributed by atoms with E-state index in [0.717, 1.165) is 0 Å². The van der Waals surface area contributed by atoms with Crippen molar-refractivity contribution in [1.82, 2.24) is 20.2 Å². The average molecular weight is 268 g/mol. The highest BCUT2D eigenvalue weighted by Gasteiger charge is 2.32. The zero-order valence-electron chi connectivity index (χ0n) is 11.4. The highest BCUT2D eigenvalue weighted by Crippen LogP contribution is 2.19. The lowest BCUT2D eigenvalue weighted by atomic mass is 9.87. The van der Waals surface area contributed by atoms with E-state index >= 15 is 0 Å². The fourth-order valence-electron chi connectivity index (χ4n) is 1.55. The normalized spacial score (nSPS) is 12.8. The summed E-state index contributed by atoms with van der Waals surface area (Å²) < 4.78 is 1.82. The minimum Gasteiger partial charge on any atom is -0.480 e. The maximum Gasteiger partial charge on any atom is 0.326 e. The standard InChI is InChI=1S/C12H20N4O3/c1-12(2,3)9(10(17)18)15-11(19)14-5-7-16-6-4-13-8-16/h4,6,8-9H,5,7H2,1-3H3,(H,17,18)(H2,14,15,19). The summed E-state index contributed by atoms with van der Waals surface area (Å²) in [7, 11) is 0.